The minimum Gasteiger partial charge on any atom is -0.353 e. The SMILES string of the molecule is NC1(CCc2nc3n(n2)CCN3)CC1. The summed E-state index contributed by atoms with van der Waals surface area (Å²) in [6.07, 6.45) is 4.27. The number of anilines is 1. The Kier molecular flexibility index (Phi) is 1.58. The van der Waals surface area contributed by atoms with Crippen molar-refractivity contribution < 1.29 is 0 Å². The van der Waals surface area contributed by atoms with Crippen molar-refractivity contribution in [1.82, 2.24) is 14.8 Å². The van der Waals surface area contributed by atoms with Gasteiger partial charge in [-0.1, -0.05) is 0 Å². The summed E-state index contributed by atoms with van der Waals surface area (Å²) in [5, 5.41) is 7.60. The predicted molar refractivity (Wildman–Crippen MR) is 53.0 cm³/mol. The first-order chi connectivity index (χ1) is 6.75. The molecule has 0 unspecified atom stereocenters. The van der Waals surface area contributed by atoms with E-state index in [1.54, 1.807) is 0 Å². The van der Waals surface area contributed by atoms with Crippen molar-refractivity contribution >= 4 is 5.95 Å². The second kappa shape index (κ2) is 2.70. The quantitative estimate of drug-likeness (QED) is 0.716. The van der Waals surface area contributed by atoms with Gasteiger partial charge in [0.2, 0.25) is 5.95 Å². The second-order valence-corrected chi connectivity index (χ2v) is 4.36. The van der Waals surface area contributed by atoms with Crippen molar-refractivity contribution in [3.63, 3.8) is 0 Å². The van der Waals surface area contributed by atoms with Gasteiger partial charge in [-0.2, -0.15) is 10.1 Å². The van der Waals surface area contributed by atoms with Crippen LogP contribution in [-0.4, -0.2) is 26.8 Å². The summed E-state index contributed by atoms with van der Waals surface area (Å²) < 4.78 is 1.94. The van der Waals surface area contributed by atoms with Crippen molar-refractivity contribution in [3.8, 4) is 0 Å². The number of fused-ring (bicyclic) bond motifs is 1. The molecule has 1 saturated carbocycles. The molecule has 1 aromatic heterocycles. The highest BCUT2D eigenvalue weighted by atomic mass is 15.4. The van der Waals surface area contributed by atoms with Gasteiger partial charge in [-0.15, -0.1) is 0 Å². The maximum atomic E-state index is 6.01. The van der Waals surface area contributed by atoms with Crippen molar-refractivity contribution in [1.29, 1.82) is 0 Å². The Morgan fingerprint density at radius 3 is 3.07 bits per heavy atom. The van der Waals surface area contributed by atoms with Crippen LogP contribution in [0.3, 0.4) is 0 Å². The molecule has 5 nitrogen and oxygen atoms in total. The monoisotopic (exact) mass is 193 g/mol. The minimum atomic E-state index is 0.114. The topological polar surface area (TPSA) is 68.8 Å². The number of nitrogens with one attached hydrogen (secondary N) is 1. The number of rotatable bonds is 3. The van der Waals surface area contributed by atoms with E-state index in [1.807, 2.05) is 4.68 Å². The summed E-state index contributed by atoms with van der Waals surface area (Å²) in [4.78, 5) is 4.41. The number of aromatic nitrogens is 3. The molecule has 2 heterocycles. The molecule has 0 aromatic carbocycles. The molecule has 0 radical (unpaired) electrons. The lowest BCUT2D eigenvalue weighted by atomic mass is 10.1. The van der Waals surface area contributed by atoms with Crippen molar-refractivity contribution in [3.05, 3.63) is 5.82 Å². The maximum absolute atomic E-state index is 6.01. The van der Waals surface area contributed by atoms with Crippen LogP contribution in [0.15, 0.2) is 0 Å². The lowest BCUT2D eigenvalue weighted by molar-refractivity contribution is 0.587. The van der Waals surface area contributed by atoms with Crippen LogP contribution in [0.1, 0.15) is 25.1 Å². The standard InChI is InChI=1S/C9H15N5/c10-9(3-4-9)2-1-7-12-8-11-5-6-14(8)13-7/h1-6,10H2,(H,11,12,13). The maximum Gasteiger partial charge on any atom is 0.221 e. The molecule has 3 rings (SSSR count). The number of nitrogens with two attached hydrogens (primary N) is 1. The first kappa shape index (κ1) is 8.23. The minimum absolute atomic E-state index is 0.114. The zero-order valence-corrected chi connectivity index (χ0v) is 8.16. The summed E-state index contributed by atoms with van der Waals surface area (Å²) in [6, 6.07) is 0. The largest absolute Gasteiger partial charge is 0.353 e. The van der Waals surface area contributed by atoms with E-state index in [9.17, 15) is 0 Å². The third kappa shape index (κ3) is 1.37. The van der Waals surface area contributed by atoms with Gasteiger partial charge < -0.3 is 11.1 Å². The molecule has 0 saturated heterocycles. The number of hydrogen-bond acceptors (Lipinski definition) is 4. The van der Waals surface area contributed by atoms with Crippen LogP contribution in [0.25, 0.3) is 0 Å². The second-order valence-electron chi connectivity index (χ2n) is 4.36. The van der Waals surface area contributed by atoms with Gasteiger partial charge in [-0.3, -0.25) is 0 Å². The molecular formula is C9H15N5. The van der Waals surface area contributed by atoms with E-state index in [0.717, 1.165) is 37.7 Å². The number of hydrogen-bond donors (Lipinski definition) is 2. The van der Waals surface area contributed by atoms with Gasteiger partial charge in [0.05, 0.1) is 6.54 Å². The Morgan fingerprint density at radius 1 is 1.50 bits per heavy atom. The molecule has 1 aromatic rings. The summed E-state index contributed by atoms with van der Waals surface area (Å²) in [5.41, 5.74) is 6.12. The first-order valence-electron chi connectivity index (χ1n) is 5.22. The normalized spacial score (nSPS) is 21.8. The molecule has 0 atom stereocenters. The van der Waals surface area contributed by atoms with E-state index in [0.29, 0.717) is 0 Å². The zero-order chi connectivity index (χ0) is 9.60. The van der Waals surface area contributed by atoms with Gasteiger partial charge in [0.15, 0.2) is 5.82 Å². The molecule has 3 N–H and O–H groups in total. The van der Waals surface area contributed by atoms with Crippen LogP contribution in [0, 0.1) is 0 Å². The van der Waals surface area contributed by atoms with Crippen molar-refractivity contribution in [2.24, 2.45) is 5.73 Å². The Morgan fingerprint density at radius 2 is 2.36 bits per heavy atom. The smallest absolute Gasteiger partial charge is 0.221 e. The van der Waals surface area contributed by atoms with Crippen molar-refractivity contribution in [2.45, 2.75) is 37.8 Å². The third-order valence-corrected chi connectivity index (χ3v) is 3.06. The zero-order valence-electron chi connectivity index (χ0n) is 8.16. The molecule has 0 spiro atoms. The van der Waals surface area contributed by atoms with Crippen LogP contribution in [0.4, 0.5) is 5.95 Å². The van der Waals surface area contributed by atoms with Gasteiger partial charge in [-0.05, 0) is 19.3 Å². The van der Waals surface area contributed by atoms with Gasteiger partial charge in [-0.25, -0.2) is 4.68 Å². The molecule has 2 aliphatic rings. The summed E-state index contributed by atoms with van der Waals surface area (Å²) in [5.74, 6) is 1.85. The highest BCUT2D eigenvalue weighted by Gasteiger charge is 2.37. The molecule has 0 bridgehead atoms. The molecule has 5 heteroatoms. The average molecular weight is 193 g/mol. The van der Waals surface area contributed by atoms with Gasteiger partial charge in [0, 0.05) is 18.5 Å². The number of nitrogens with zero attached hydrogens (tertiary/aromatic N) is 3. The molecular weight excluding hydrogens is 178 g/mol. The average Bonchev–Trinajstić information content (AvgIpc) is 2.61. The van der Waals surface area contributed by atoms with Crippen LogP contribution in [-0.2, 0) is 13.0 Å². The van der Waals surface area contributed by atoms with Gasteiger partial charge in [0.25, 0.3) is 0 Å². The highest BCUT2D eigenvalue weighted by Crippen LogP contribution is 2.36. The van der Waals surface area contributed by atoms with E-state index in [4.69, 9.17) is 5.73 Å². The Balaban J connectivity index is 1.66. The van der Waals surface area contributed by atoms with Crippen LogP contribution >= 0.6 is 0 Å². The lowest BCUT2D eigenvalue weighted by Crippen LogP contribution is -2.22. The van der Waals surface area contributed by atoms with E-state index in [2.05, 4.69) is 15.4 Å². The molecule has 1 aliphatic heterocycles. The van der Waals surface area contributed by atoms with E-state index in [-0.39, 0.29) is 5.54 Å². The van der Waals surface area contributed by atoms with Crippen LogP contribution in [0.5, 0.6) is 0 Å². The van der Waals surface area contributed by atoms with Gasteiger partial charge >= 0.3 is 0 Å². The fourth-order valence-electron chi connectivity index (χ4n) is 1.83. The van der Waals surface area contributed by atoms with E-state index >= 15 is 0 Å². The first-order valence-corrected chi connectivity index (χ1v) is 5.22. The Labute approximate surface area is 82.7 Å². The highest BCUT2D eigenvalue weighted by molar-refractivity contribution is 5.28. The van der Waals surface area contributed by atoms with Gasteiger partial charge in [0.1, 0.15) is 0 Å². The lowest BCUT2D eigenvalue weighted by Gasteiger charge is -2.04. The Bertz CT molecular complexity index is 331. The number of aryl methyl sites for hydroxylation is 1. The van der Waals surface area contributed by atoms with Crippen LogP contribution < -0.4 is 11.1 Å². The summed E-state index contributed by atoms with van der Waals surface area (Å²) in [6.45, 7) is 1.90. The fourth-order valence-corrected chi connectivity index (χ4v) is 1.83. The predicted octanol–water partition coefficient (Wildman–Crippen LogP) is 0.127. The summed E-state index contributed by atoms with van der Waals surface area (Å²) in [7, 11) is 0. The third-order valence-electron chi connectivity index (χ3n) is 3.06. The molecule has 1 fully saturated rings. The molecule has 1 aliphatic carbocycles. The Hall–Kier alpha value is -1.10. The van der Waals surface area contributed by atoms with E-state index < -0.39 is 0 Å². The fraction of sp³-hybridized carbons (Fsp3) is 0.778. The van der Waals surface area contributed by atoms with Crippen LogP contribution in [0.2, 0.25) is 0 Å². The van der Waals surface area contributed by atoms with E-state index in [1.165, 1.54) is 12.8 Å². The summed E-state index contributed by atoms with van der Waals surface area (Å²) >= 11 is 0. The molecule has 0 amide bonds. The molecule has 14 heavy (non-hydrogen) atoms. The molecule has 76 valence electrons. The van der Waals surface area contributed by atoms with Crippen molar-refractivity contribution in [2.75, 3.05) is 11.9 Å².